The SMILES string of the molecule is O=S(=O)(Nc1nc2ccccc2nc1Nc1ccccc1)c1cc(Cl)ccc1Cl. The van der Waals surface area contributed by atoms with Gasteiger partial charge < -0.3 is 5.32 Å². The van der Waals surface area contributed by atoms with Crippen LogP contribution >= 0.6 is 23.2 Å². The number of sulfonamides is 1. The first-order valence-electron chi connectivity index (χ1n) is 8.49. The average Bonchev–Trinajstić information content (AvgIpc) is 2.71. The highest BCUT2D eigenvalue weighted by Crippen LogP contribution is 2.30. The molecule has 0 unspecified atom stereocenters. The van der Waals surface area contributed by atoms with E-state index in [2.05, 4.69) is 20.0 Å². The summed E-state index contributed by atoms with van der Waals surface area (Å²) in [5.41, 5.74) is 1.90. The quantitative estimate of drug-likeness (QED) is 0.425. The van der Waals surface area contributed by atoms with Gasteiger partial charge in [-0.2, -0.15) is 0 Å². The number of aromatic nitrogens is 2. The second-order valence-electron chi connectivity index (χ2n) is 6.08. The number of halogens is 2. The zero-order valence-electron chi connectivity index (χ0n) is 14.8. The molecule has 0 radical (unpaired) electrons. The Bertz CT molecular complexity index is 1300. The van der Waals surface area contributed by atoms with E-state index in [0.717, 1.165) is 5.69 Å². The van der Waals surface area contributed by atoms with Crippen molar-refractivity contribution in [2.75, 3.05) is 10.0 Å². The lowest BCUT2D eigenvalue weighted by atomic mass is 10.3. The Hall–Kier alpha value is -2.87. The zero-order chi connectivity index (χ0) is 20.4. The molecule has 29 heavy (non-hydrogen) atoms. The lowest BCUT2D eigenvalue weighted by Crippen LogP contribution is -2.16. The van der Waals surface area contributed by atoms with Gasteiger partial charge in [-0.3, -0.25) is 4.72 Å². The third-order valence-corrected chi connectivity index (χ3v) is 6.08. The van der Waals surface area contributed by atoms with E-state index in [4.69, 9.17) is 23.2 Å². The number of nitrogens with zero attached hydrogens (tertiary/aromatic N) is 2. The summed E-state index contributed by atoms with van der Waals surface area (Å²) in [4.78, 5) is 8.83. The van der Waals surface area contributed by atoms with Crippen molar-refractivity contribution in [2.24, 2.45) is 0 Å². The molecule has 146 valence electrons. The van der Waals surface area contributed by atoms with E-state index in [1.807, 2.05) is 36.4 Å². The van der Waals surface area contributed by atoms with Crippen molar-refractivity contribution in [3.63, 3.8) is 0 Å². The van der Waals surface area contributed by atoms with Crippen LogP contribution in [0.2, 0.25) is 10.0 Å². The number of hydrogen-bond donors (Lipinski definition) is 2. The lowest BCUT2D eigenvalue weighted by molar-refractivity contribution is 0.601. The Balaban J connectivity index is 1.81. The van der Waals surface area contributed by atoms with E-state index in [-0.39, 0.29) is 26.6 Å². The van der Waals surface area contributed by atoms with Crippen LogP contribution in [0.15, 0.2) is 77.7 Å². The van der Waals surface area contributed by atoms with Crippen LogP contribution in [0.4, 0.5) is 17.3 Å². The number of fused-ring (bicyclic) bond motifs is 1. The van der Waals surface area contributed by atoms with Crippen molar-refractivity contribution in [3.8, 4) is 0 Å². The molecule has 6 nitrogen and oxygen atoms in total. The van der Waals surface area contributed by atoms with Gasteiger partial charge in [0.1, 0.15) is 4.90 Å². The van der Waals surface area contributed by atoms with Gasteiger partial charge in [-0.05, 0) is 42.5 Å². The van der Waals surface area contributed by atoms with Crippen molar-refractivity contribution >= 4 is 61.6 Å². The molecule has 0 saturated heterocycles. The van der Waals surface area contributed by atoms with Gasteiger partial charge in [-0.15, -0.1) is 0 Å². The van der Waals surface area contributed by atoms with Crippen molar-refractivity contribution in [1.29, 1.82) is 0 Å². The largest absolute Gasteiger partial charge is 0.337 e. The molecular formula is C20H14Cl2N4O2S. The van der Waals surface area contributed by atoms with Crippen molar-refractivity contribution in [3.05, 3.63) is 82.8 Å². The molecule has 0 aliphatic heterocycles. The summed E-state index contributed by atoms with van der Waals surface area (Å²) >= 11 is 12.0. The monoisotopic (exact) mass is 444 g/mol. The van der Waals surface area contributed by atoms with Gasteiger partial charge in [0, 0.05) is 10.7 Å². The standard InChI is InChI=1S/C20H14Cl2N4O2S/c21-13-10-11-15(22)18(12-13)29(27,28)26-20-19(23-14-6-2-1-3-7-14)24-16-8-4-5-9-17(16)25-20/h1-12H,(H,23,24)(H,25,26). The maximum atomic E-state index is 13.0. The maximum absolute atomic E-state index is 13.0. The molecule has 0 atom stereocenters. The third-order valence-electron chi connectivity index (χ3n) is 4.02. The normalized spacial score (nSPS) is 11.4. The summed E-state index contributed by atoms with van der Waals surface area (Å²) in [7, 11) is -4.06. The molecule has 0 bridgehead atoms. The highest BCUT2D eigenvalue weighted by Gasteiger charge is 2.22. The Kier molecular flexibility index (Phi) is 5.27. The minimum atomic E-state index is -4.06. The van der Waals surface area contributed by atoms with Gasteiger partial charge in [0.15, 0.2) is 11.6 Å². The Morgan fingerprint density at radius 3 is 2.07 bits per heavy atom. The number of nitrogens with one attached hydrogen (secondary N) is 2. The first-order chi connectivity index (χ1) is 13.9. The number of anilines is 3. The van der Waals surface area contributed by atoms with Crippen LogP contribution in [0.5, 0.6) is 0 Å². The minimum absolute atomic E-state index is 0.0450. The molecule has 0 aliphatic carbocycles. The molecular weight excluding hydrogens is 431 g/mol. The summed E-state index contributed by atoms with van der Waals surface area (Å²) in [5, 5.41) is 3.41. The van der Waals surface area contributed by atoms with Gasteiger partial charge in [0.25, 0.3) is 10.0 Å². The Morgan fingerprint density at radius 1 is 0.759 bits per heavy atom. The van der Waals surface area contributed by atoms with E-state index in [9.17, 15) is 8.42 Å². The van der Waals surface area contributed by atoms with Crippen molar-refractivity contribution < 1.29 is 8.42 Å². The van der Waals surface area contributed by atoms with E-state index in [1.165, 1.54) is 18.2 Å². The first kappa shape index (κ1) is 19.4. The Labute approximate surface area is 177 Å². The van der Waals surface area contributed by atoms with E-state index >= 15 is 0 Å². The molecule has 0 aliphatic rings. The van der Waals surface area contributed by atoms with Gasteiger partial charge in [0.2, 0.25) is 0 Å². The molecule has 0 spiro atoms. The predicted molar refractivity (Wildman–Crippen MR) is 117 cm³/mol. The predicted octanol–water partition coefficient (Wildman–Crippen LogP) is 5.48. The number of benzene rings is 3. The molecule has 0 saturated carbocycles. The highest BCUT2D eigenvalue weighted by atomic mass is 35.5. The second-order valence-corrected chi connectivity index (χ2v) is 8.58. The zero-order valence-corrected chi connectivity index (χ0v) is 17.1. The number of hydrogen-bond acceptors (Lipinski definition) is 5. The molecule has 4 rings (SSSR count). The van der Waals surface area contributed by atoms with E-state index in [0.29, 0.717) is 11.0 Å². The van der Waals surface area contributed by atoms with Crippen LogP contribution in [-0.4, -0.2) is 18.4 Å². The first-order valence-corrected chi connectivity index (χ1v) is 10.7. The fourth-order valence-electron chi connectivity index (χ4n) is 2.68. The molecule has 1 aromatic heterocycles. The molecule has 4 aromatic rings. The van der Waals surface area contributed by atoms with Gasteiger partial charge in [-0.1, -0.05) is 53.5 Å². The fraction of sp³-hybridized carbons (Fsp3) is 0. The van der Waals surface area contributed by atoms with Crippen molar-refractivity contribution in [1.82, 2.24) is 9.97 Å². The maximum Gasteiger partial charge on any atom is 0.264 e. The number of rotatable bonds is 5. The molecule has 9 heteroatoms. The van der Waals surface area contributed by atoms with Crippen LogP contribution < -0.4 is 10.0 Å². The highest BCUT2D eigenvalue weighted by molar-refractivity contribution is 7.92. The molecule has 1 heterocycles. The average molecular weight is 445 g/mol. The summed E-state index contributed by atoms with van der Waals surface area (Å²) < 4.78 is 28.4. The van der Waals surface area contributed by atoms with Crippen LogP contribution in [0, 0.1) is 0 Å². The van der Waals surface area contributed by atoms with Crippen LogP contribution in [0.25, 0.3) is 11.0 Å². The van der Waals surface area contributed by atoms with Gasteiger partial charge >= 0.3 is 0 Å². The molecule has 2 N–H and O–H groups in total. The fourth-order valence-corrected chi connectivity index (χ4v) is 4.45. The lowest BCUT2D eigenvalue weighted by Gasteiger charge is -2.14. The Morgan fingerprint density at radius 2 is 1.38 bits per heavy atom. The van der Waals surface area contributed by atoms with E-state index in [1.54, 1.807) is 18.2 Å². The topological polar surface area (TPSA) is 84.0 Å². The third kappa shape index (κ3) is 4.27. The van der Waals surface area contributed by atoms with Gasteiger partial charge in [0.05, 0.1) is 16.1 Å². The molecule has 3 aromatic carbocycles. The summed E-state index contributed by atoms with van der Waals surface area (Å²) in [5.74, 6) is 0.306. The summed E-state index contributed by atoms with van der Waals surface area (Å²) in [6, 6.07) is 20.7. The smallest absolute Gasteiger partial charge is 0.264 e. The summed E-state index contributed by atoms with van der Waals surface area (Å²) in [6.07, 6.45) is 0. The molecule has 0 fully saturated rings. The summed E-state index contributed by atoms with van der Waals surface area (Å²) in [6.45, 7) is 0. The van der Waals surface area contributed by atoms with Crippen molar-refractivity contribution in [2.45, 2.75) is 4.90 Å². The van der Waals surface area contributed by atoms with Crippen LogP contribution in [0.3, 0.4) is 0 Å². The number of para-hydroxylation sites is 3. The van der Waals surface area contributed by atoms with E-state index < -0.39 is 10.0 Å². The van der Waals surface area contributed by atoms with Gasteiger partial charge in [-0.25, -0.2) is 18.4 Å². The van der Waals surface area contributed by atoms with Crippen LogP contribution in [-0.2, 0) is 10.0 Å². The van der Waals surface area contributed by atoms with Crippen LogP contribution in [0.1, 0.15) is 0 Å². The molecule has 0 amide bonds. The second kappa shape index (κ2) is 7.87. The minimum Gasteiger partial charge on any atom is -0.337 e.